The molecule has 1 aromatic heterocycles. The van der Waals surface area contributed by atoms with Gasteiger partial charge < -0.3 is 19.4 Å². The van der Waals surface area contributed by atoms with Crippen LogP contribution in [0.3, 0.4) is 0 Å². The lowest BCUT2D eigenvalue weighted by Crippen LogP contribution is -2.48. The second kappa shape index (κ2) is 8.05. The summed E-state index contributed by atoms with van der Waals surface area (Å²) in [6.45, 7) is 5.70. The second-order valence-electron chi connectivity index (χ2n) is 6.71. The Bertz CT molecular complexity index is 767. The average molecular weight is 375 g/mol. The Kier molecular flexibility index (Phi) is 5.78. The van der Waals surface area contributed by atoms with Crippen LogP contribution in [0.1, 0.15) is 20.4 Å². The molecule has 1 aliphatic heterocycles. The molecule has 0 saturated carbocycles. The van der Waals surface area contributed by atoms with E-state index in [2.05, 4.69) is 20.9 Å². The number of aryl methyl sites for hydroxylation is 1. The molecule has 1 aromatic carbocycles. The van der Waals surface area contributed by atoms with Crippen molar-refractivity contribution in [3.05, 3.63) is 39.8 Å². The number of hydrogen-bond acceptors (Lipinski definition) is 6. The van der Waals surface area contributed by atoms with Crippen LogP contribution in [-0.4, -0.2) is 68.1 Å². The minimum atomic E-state index is 0.102. The van der Waals surface area contributed by atoms with Crippen LogP contribution < -0.4 is 9.64 Å². The van der Waals surface area contributed by atoms with Crippen molar-refractivity contribution in [2.24, 2.45) is 0 Å². The third-order valence-electron chi connectivity index (χ3n) is 4.48. The molecule has 140 valence electrons. The van der Waals surface area contributed by atoms with Crippen LogP contribution in [0.4, 0.5) is 5.69 Å². The predicted molar refractivity (Wildman–Crippen MR) is 105 cm³/mol. The van der Waals surface area contributed by atoms with Crippen molar-refractivity contribution in [1.29, 1.82) is 0 Å². The molecule has 0 radical (unpaired) electrons. The smallest absolute Gasteiger partial charge is 0.265 e. The Labute approximate surface area is 159 Å². The van der Waals surface area contributed by atoms with Gasteiger partial charge in [-0.1, -0.05) is 12.1 Å². The van der Waals surface area contributed by atoms with Gasteiger partial charge in [-0.25, -0.2) is 4.98 Å². The zero-order valence-electron chi connectivity index (χ0n) is 15.9. The monoisotopic (exact) mass is 374 g/mol. The number of carbonyl (C=O) groups is 1. The van der Waals surface area contributed by atoms with Crippen LogP contribution in [0.5, 0.6) is 5.75 Å². The number of para-hydroxylation sites is 2. The fourth-order valence-corrected chi connectivity index (χ4v) is 4.32. The molecule has 0 aliphatic carbocycles. The summed E-state index contributed by atoms with van der Waals surface area (Å²) in [7, 11) is 5.71. The molecule has 7 heteroatoms. The molecule has 3 rings (SSSR count). The molecule has 1 aliphatic rings. The molecule has 2 aromatic rings. The number of hydrogen-bond donors (Lipinski definition) is 0. The van der Waals surface area contributed by atoms with E-state index < -0.39 is 0 Å². The van der Waals surface area contributed by atoms with Crippen LogP contribution in [0.25, 0.3) is 0 Å². The molecular weight excluding hydrogens is 348 g/mol. The van der Waals surface area contributed by atoms with E-state index in [1.54, 1.807) is 7.11 Å². The number of benzene rings is 1. The Hall–Kier alpha value is -2.12. The highest BCUT2D eigenvalue weighted by molar-refractivity contribution is 7.13. The fraction of sp³-hybridized carbons (Fsp3) is 0.474. The number of ether oxygens (including phenoxy) is 1. The van der Waals surface area contributed by atoms with E-state index in [-0.39, 0.29) is 5.91 Å². The summed E-state index contributed by atoms with van der Waals surface area (Å²) < 4.78 is 5.46. The first-order valence-corrected chi connectivity index (χ1v) is 9.59. The largest absolute Gasteiger partial charge is 0.495 e. The Balaban J connectivity index is 1.66. The number of carbonyl (C=O) groups excluding carboxylic acids is 1. The summed E-state index contributed by atoms with van der Waals surface area (Å²) in [6.07, 6.45) is 0. The van der Waals surface area contributed by atoms with Crippen molar-refractivity contribution >= 4 is 22.9 Å². The first-order chi connectivity index (χ1) is 12.5. The number of piperazine rings is 1. The number of nitrogens with zero attached hydrogens (tertiary/aromatic N) is 4. The summed E-state index contributed by atoms with van der Waals surface area (Å²) in [5.74, 6) is 0.976. The van der Waals surface area contributed by atoms with Gasteiger partial charge in [-0.05, 0) is 33.2 Å². The minimum Gasteiger partial charge on any atom is -0.495 e. The average Bonchev–Trinajstić information content (AvgIpc) is 3.00. The van der Waals surface area contributed by atoms with Crippen molar-refractivity contribution in [2.75, 3.05) is 52.3 Å². The highest BCUT2D eigenvalue weighted by Crippen LogP contribution is 2.29. The maximum atomic E-state index is 12.9. The van der Waals surface area contributed by atoms with Gasteiger partial charge in [-0.3, -0.25) is 4.79 Å². The van der Waals surface area contributed by atoms with Gasteiger partial charge >= 0.3 is 0 Å². The van der Waals surface area contributed by atoms with E-state index in [1.807, 2.05) is 44.1 Å². The summed E-state index contributed by atoms with van der Waals surface area (Å²) in [6, 6.07) is 8.03. The summed E-state index contributed by atoms with van der Waals surface area (Å²) in [4.78, 5) is 24.5. The lowest BCUT2D eigenvalue weighted by Gasteiger charge is -2.36. The molecule has 0 unspecified atom stereocenters. The number of anilines is 1. The summed E-state index contributed by atoms with van der Waals surface area (Å²) >= 11 is 1.52. The Morgan fingerprint density at radius 1 is 1.23 bits per heavy atom. The molecule has 0 bridgehead atoms. The van der Waals surface area contributed by atoms with E-state index >= 15 is 0 Å². The van der Waals surface area contributed by atoms with Crippen molar-refractivity contribution in [1.82, 2.24) is 14.8 Å². The van der Waals surface area contributed by atoms with E-state index in [0.29, 0.717) is 13.1 Å². The van der Waals surface area contributed by atoms with Gasteiger partial charge in [0, 0.05) is 32.7 Å². The quantitative estimate of drug-likeness (QED) is 0.805. The van der Waals surface area contributed by atoms with Crippen LogP contribution in [0.2, 0.25) is 0 Å². The van der Waals surface area contributed by atoms with Crippen LogP contribution in [0, 0.1) is 6.92 Å². The van der Waals surface area contributed by atoms with E-state index in [1.165, 1.54) is 11.3 Å². The number of thiazole rings is 1. The maximum absolute atomic E-state index is 12.9. The minimum absolute atomic E-state index is 0.102. The van der Waals surface area contributed by atoms with Gasteiger partial charge in [0.1, 0.15) is 15.6 Å². The molecular formula is C19H26N4O2S. The maximum Gasteiger partial charge on any atom is 0.265 e. The summed E-state index contributed by atoms with van der Waals surface area (Å²) in [5, 5.41) is 0.989. The molecule has 0 atom stereocenters. The predicted octanol–water partition coefficient (Wildman–Crippen LogP) is 2.48. The second-order valence-corrected chi connectivity index (χ2v) is 7.79. The Morgan fingerprint density at radius 3 is 2.58 bits per heavy atom. The molecule has 1 fully saturated rings. The highest BCUT2D eigenvalue weighted by atomic mass is 32.1. The first-order valence-electron chi connectivity index (χ1n) is 8.78. The van der Waals surface area contributed by atoms with Gasteiger partial charge in [0.2, 0.25) is 0 Å². The van der Waals surface area contributed by atoms with E-state index in [0.717, 1.165) is 46.6 Å². The van der Waals surface area contributed by atoms with E-state index in [4.69, 9.17) is 4.74 Å². The highest BCUT2D eigenvalue weighted by Gasteiger charge is 2.26. The van der Waals surface area contributed by atoms with E-state index in [9.17, 15) is 4.79 Å². The lowest BCUT2D eigenvalue weighted by molar-refractivity contribution is 0.0750. The Morgan fingerprint density at radius 2 is 1.92 bits per heavy atom. The molecule has 6 nitrogen and oxygen atoms in total. The number of methoxy groups -OCH3 is 1. The topological polar surface area (TPSA) is 48.9 Å². The standard InChI is InChI=1S/C19H26N4O2S/c1-14-18(26-17(20-14)13-21(2)3)19(24)23-11-9-22(10-12-23)15-7-5-6-8-16(15)25-4/h5-8H,9-13H2,1-4H3. The number of rotatable bonds is 5. The van der Waals surface area contributed by atoms with Crippen molar-refractivity contribution in [2.45, 2.75) is 13.5 Å². The van der Waals surface area contributed by atoms with Gasteiger partial charge in [0.15, 0.2) is 0 Å². The zero-order chi connectivity index (χ0) is 18.7. The van der Waals surface area contributed by atoms with Gasteiger partial charge in [0.05, 0.1) is 18.5 Å². The molecule has 0 N–H and O–H groups in total. The lowest BCUT2D eigenvalue weighted by atomic mass is 10.2. The molecule has 1 amide bonds. The number of amides is 1. The normalized spacial score (nSPS) is 14.8. The van der Waals surface area contributed by atoms with Crippen molar-refractivity contribution in [3.63, 3.8) is 0 Å². The molecule has 2 heterocycles. The zero-order valence-corrected chi connectivity index (χ0v) is 16.7. The van der Waals surface area contributed by atoms with Crippen LogP contribution in [0.15, 0.2) is 24.3 Å². The molecule has 0 spiro atoms. The van der Waals surface area contributed by atoms with Crippen molar-refractivity contribution < 1.29 is 9.53 Å². The molecule has 1 saturated heterocycles. The molecule has 26 heavy (non-hydrogen) atoms. The van der Waals surface area contributed by atoms with Gasteiger partial charge in [-0.2, -0.15) is 0 Å². The van der Waals surface area contributed by atoms with Gasteiger partial charge in [-0.15, -0.1) is 11.3 Å². The third kappa shape index (κ3) is 3.99. The van der Waals surface area contributed by atoms with Crippen LogP contribution in [-0.2, 0) is 6.54 Å². The summed E-state index contributed by atoms with van der Waals surface area (Å²) in [5.41, 5.74) is 1.92. The third-order valence-corrected chi connectivity index (χ3v) is 5.61. The van der Waals surface area contributed by atoms with Crippen molar-refractivity contribution in [3.8, 4) is 5.75 Å². The first kappa shape index (κ1) is 18.7. The fourth-order valence-electron chi connectivity index (χ4n) is 3.17. The van der Waals surface area contributed by atoms with Gasteiger partial charge in [0.25, 0.3) is 5.91 Å². The SMILES string of the molecule is COc1ccccc1N1CCN(C(=O)c2sc(CN(C)C)nc2C)CC1. The van der Waals surface area contributed by atoms with Crippen LogP contribution >= 0.6 is 11.3 Å². The number of aromatic nitrogens is 1.